The van der Waals surface area contributed by atoms with Gasteiger partial charge in [0.1, 0.15) is 5.54 Å². The van der Waals surface area contributed by atoms with Gasteiger partial charge in [-0.1, -0.05) is 13.8 Å². The van der Waals surface area contributed by atoms with Crippen LogP contribution in [0.1, 0.15) is 26.7 Å². The van der Waals surface area contributed by atoms with Crippen LogP contribution in [0.15, 0.2) is 0 Å². The highest BCUT2D eigenvalue weighted by Crippen LogP contribution is 2.18. The van der Waals surface area contributed by atoms with E-state index in [4.69, 9.17) is 15.9 Å². The highest BCUT2D eigenvalue weighted by atomic mass is 16.4. The molecule has 0 aromatic heterocycles. The lowest BCUT2D eigenvalue weighted by molar-refractivity contribution is -0.146. The number of hydrogen-bond donors (Lipinski definition) is 3. The molecule has 0 rings (SSSR count). The molecule has 0 aliphatic carbocycles. The number of aliphatic carboxylic acids is 2. The lowest BCUT2D eigenvalue weighted by Crippen LogP contribution is -2.49. The summed E-state index contributed by atoms with van der Waals surface area (Å²) in [4.78, 5) is 21.2. The van der Waals surface area contributed by atoms with Gasteiger partial charge in [0, 0.05) is 0 Å². The van der Waals surface area contributed by atoms with Crippen LogP contribution in [-0.2, 0) is 9.59 Å². The average Bonchev–Trinajstić information content (AvgIpc) is 2.03. The minimum absolute atomic E-state index is 0.0475. The smallest absolute Gasteiger partial charge is 0.323 e. The molecule has 5 nitrogen and oxygen atoms in total. The monoisotopic (exact) mass is 189 g/mol. The first-order valence-corrected chi connectivity index (χ1v) is 4.08. The first-order valence-electron chi connectivity index (χ1n) is 4.08. The SMILES string of the molecule is CCC(N)(CC(C)C(=O)O)C(=O)O. The van der Waals surface area contributed by atoms with E-state index in [-0.39, 0.29) is 12.8 Å². The van der Waals surface area contributed by atoms with Crippen LogP contribution >= 0.6 is 0 Å². The molecule has 13 heavy (non-hydrogen) atoms. The van der Waals surface area contributed by atoms with Crippen LogP contribution in [-0.4, -0.2) is 27.7 Å². The summed E-state index contributed by atoms with van der Waals surface area (Å²) in [6, 6.07) is 0. The second-order valence-electron chi connectivity index (χ2n) is 3.26. The van der Waals surface area contributed by atoms with Crippen LogP contribution < -0.4 is 5.73 Å². The number of carboxylic acids is 2. The summed E-state index contributed by atoms with van der Waals surface area (Å²) >= 11 is 0. The van der Waals surface area contributed by atoms with Crippen molar-refractivity contribution >= 4 is 11.9 Å². The molecule has 0 amide bonds. The zero-order chi connectivity index (χ0) is 10.6. The molecule has 0 fully saturated rings. The third kappa shape index (κ3) is 3.02. The van der Waals surface area contributed by atoms with Crippen molar-refractivity contribution < 1.29 is 19.8 Å². The van der Waals surface area contributed by atoms with E-state index < -0.39 is 23.4 Å². The Kier molecular flexibility index (Phi) is 3.87. The van der Waals surface area contributed by atoms with Crippen LogP contribution in [0.2, 0.25) is 0 Å². The molecule has 0 aromatic rings. The molecule has 0 aromatic carbocycles. The molecule has 0 radical (unpaired) electrons. The van der Waals surface area contributed by atoms with Crippen molar-refractivity contribution in [3.05, 3.63) is 0 Å². The standard InChI is InChI=1S/C8H15NO4/c1-3-8(9,7(12)13)4-5(2)6(10)11/h5H,3-4,9H2,1-2H3,(H,10,11)(H,12,13). The highest BCUT2D eigenvalue weighted by Gasteiger charge is 2.35. The van der Waals surface area contributed by atoms with E-state index in [1.165, 1.54) is 6.92 Å². The highest BCUT2D eigenvalue weighted by molar-refractivity contribution is 5.80. The predicted molar refractivity (Wildman–Crippen MR) is 46.3 cm³/mol. The van der Waals surface area contributed by atoms with Crippen molar-refractivity contribution in [2.24, 2.45) is 11.7 Å². The van der Waals surface area contributed by atoms with Gasteiger partial charge in [-0.3, -0.25) is 9.59 Å². The van der Waals surface area contributed by atoms with Crippen LogP contribution in [0.25, 0.3) is 0 Å². The van der Waals surface area contributed by atoms with Crippen molar-refractivity contribution in [1.82, 2.24) is 0 Å². The van der Waals surface area contributed by atoms with Crippen LogP contribution in [0, 0.1) is 5.92 Å². The maximum absolute atomic E-state index is 10.7. The normalized spacial score (nSPS) is 17.5. The fraction of sp³-hybridized carbons (Fsp3) is 0.750. The number of nitrogens with two attached hydrogens (primary N) is 1. The number of rotatable bonds is 5. The molecule has 0 saturated heterocycles. The molecule has 2 atom stereocenters. The molecule has 5 heteroatoms. The minimum atomic E-state index is -1.42. The van der Waals surface area contributed by atoms with E-state index in [2.05, 4.69) is 0 Å². The van der Waals surface area contributed by atoms with Crippen molar-refractivity contribution in [3.8, 4) is 0 Å². The van der Waals surface area contributed by atoms with Gasteiger partial charge in [0.15, 0.2) is 0 Å². The Labute approximate surface area is 76.5 Å². The molecule has 76 valence electrons. The van der Waals surface area contributed by atoms with E-state index in [0.717, 1.165) is 0 Å². The van der Waals surface area contributed by atoms with Gasteiger partial charge in [0.2, 0.25) is 0 Å². The summed E-state index contributed by atoms with van der Waals surface area (Å²) < 4.78 is 0. The molecule has 0 heterocycles. The second-order valence-corrected chi connectivity index (χ2v) is 3.26. The quantitative estimate of drug-likeness (QED) is 0.577. The summed E-state index contributed by atoms with van der Waals surface area (Å²) in [7, 11) is 0. The van der Waals surface area contributed by atoms with Crippen LogP contribution in [0.3, 0.4) is 0 Å². The maximum Gasteiger partial charge on any atom is 0.323 e. The molecule has 0 aliphatic heterocycles. The van der Waals surface area contributed by atoms with E-state index in [9.17, 15) is 9.59 Å². The van der Waals surface area contributed by atoms with Gasteiger partial charge < -0.3 is 15.9 Å². The first-order chi connectivity index (χ1) is 5.83. The Morgan fingerprint density at radius 3 is 2.15 bits per heavy atom. The van der Waals surface area contributed by atoms with Crippen LogP contribution in [0.5, 0.6) is 0 Å². The molecule has 2 unspecified atom stereocenters. The Bertz CT molecular complexity index is 216. The van der Waals surface area contributed by atoms with Gasteiger partial charge in [-0.25, -0.2) is 0 Å². The Hall–Kier alpha value is -1.10. The van der Waals surface area contributed by atoms with Gasteiger partial charge in [0.25, 0.3) is 0 Å². The van der Waals surface area contributed by atoms with Crippen molar-refractivity contribution in [2.75, 3.05) is 0 Å². The summed E-state index contributed by atoms with van der Waals surface area (Å²) in [5, 5.41) is 17.3. The van der Waals surface area contributed by atoms with Crippen molar-refractivity contribution in [1.29, 1.82) is 0 Å². The Morgan fingerprint density at radius 2 is 1.92 bits per heavy atom. The fourth-order valence-electron chi connectivity index (χ4n) is 1.02. The third-order valence-corrected chi connectivity index (χ3v) is 2.15. The van der Waals surface area contributed by atoms with Crippen LogP contribution in [0.4, 0.5) is 0 Å². The van der Waals surface area contributed by atoms with Crippen molar-refractivity contribution in [3.63, 3.8) is 0 Å². The molecular formula is C8H15NO4. The second kappa shape index (κ2) is 4.23. The Morgan fingerprint density at radius 1 is 1.46 bits per heavy atom. The zero-order valence-corrected chi connectivity index (χ0v) is 7.78. The van der Waals surface area contributed by atoms with Gasteiger partial charge in [-0.2, -0.15) is 0 Å². The maximum atomic E-state index is 10.7. The summed E-state index contributed by atoms with van der Waals surface area (Å²) in [6.07, 6.45) is 0.175. The molecule has 4 N–H and O–H groups in total. The molecule has 0 spiro atoms. The van der Waals surface area contributed by atoms with E-state index >= 15 is 0 Å². The number of hydrogen-bond acceptors (Lipinski definition) is 3. The number of carboxylic acid groups (broad SMARTS) is 2. The lowest BCUT2D eigenvalue weighted by atomic mass is 9.87. The minimum Gasteiger partial charge on any atom is -0.481 e. The number of carbonyl (C=O) groups is 2. The van der Waals surface area contributed by atoms with E-state index in [1.807, 2.05) is 0 Å². The van der Waals surface area contributed by atoms with E-state index in [1.54, 1.807) is 6.92 Å². The van der Waals surface area contributed by atoms with Gasteiger partial charge >= 0.3 is 11.9 Å². The molecule has 0 bridgehead atoms. The largest absolute Gasteiger partial charge is 0.481 e. The van der Waals surface area contributed by atoms with Gasteiger partial charge in [-0.05, 0) is 12.8 Å². The predicted octanol–water partition coefficient (Wildman–Crippen LogP) is 0.289. The molecule has 0 aliphatic rings. The molecular weight excluding hydrogens is 174 g/mol. The lowest BCUT2D eigenvalue weighted by Gasteiger charge is -2.24. The third-order valence-electron chi connectivity index (χ3n) is 2.15. The van der Waals surface area contributed by atoms with Gasteiger partial charge in [-0.15, -0.1) is 0 Å². The molecule has 0 saturated carbocycles. The topological polar surface area (TPSA) is 101 Å². The van der Waals surface area contributed by atoms with Crippen molar-refractivity contribution in [2.45, 2.75) is 32.2 Å². The van der Waals surface area contributed by atoms with E-state index in [0.29, 0.717) is 0 Å². The average molecular weight is 189 g/mol. The Balaban J connectivity index is 4.45. The zero-order valence-electron chi connectivity index (χ0n) is 7.78. The fourth-order valence-corrected chi connectivity index (χ4v) is 1.02. The summed E-state index contributed by atoms with van der Waals surface area (Å²) in [5.41, 5.74) is 4.10. The summed E-state index contributed by atoms with van der Waals surface area (Å²) in [5.74, 6) is -2.91. The first kappa shape index (κ1) is 11.9. The van der Waals surface area contributed by atoms with Gasteiger partial charge in [0.05, 0.1) is 5.92 Å². The summed E-state index contributed by atoms with van der Waals surface area (Å²) in [6.45, 7) is 3.07.